The molecular formula is C15H22F2N2O2. The predicted molar refractivity (Wildman–Crippen MR) is 77.0 cm³/mol. The van der Waals surface area contributed by atoms with Gasteiger partial charge in [0.25, 0.3) is 0 Å². The van der Waals surface area contributed by atoms with Gasteiger partial charge in [-0.05, 0) is 44.1 Å². The van der Waals surface area contributed by atoms with Crippen LogP contribution in [0, 0.1) is 0 Å². The maximum absolute atomic E-state index is 12.4. The van der Waals surface area contributed by atoms with Crippen molar-refractivity contribution < 1.29 is 18.3 Å². The Morgan fingerprint density at radius 3 is 2.81 bits per heavy atom. The summed E-state index contributed by atoms with van der Waals surface area (Å²) in [6.45, 7) is -0.152. The summed E-state index contributed by atoms with van der Waals surface area (Å²) < 4.78 is 34.3. The molecule has 1 aromatic rings. The highest BCUT2D eigenvalue weighted by Gasteiger charge is 2.17. The van der Waals surface area contributed by atoms with Crippen LogP contribution in [0.2, 0.25) is 0 Å². The zero-order valence-electron chi connectivity index (χ0n) is 12.4. The minimum Gasteiger partial charge on any atom is -0.493 e. The summed E-state index contributed by atoms with van der Waals surface area (Å²) in [5.41, 5.74) is 0.923. The average Bonchev–Trinajstić information content (AvgIpc) is 2.91. The summed E-state index contributed by atoms with van der Waals surface area (Å²) in [6.07, 6.45) is 2.40. The maximum Gasteiger partial charge on any atom is 0.387 e. The number of methoxy groups -OCH3 is 1. The van der Waals surface area contributed by atoms with Crippen LogP contribution in [0.1, 0.15) is 18.4 Å². The Hall–Kier alpha value is -1.40. The molecule has 0 amide bonds. The highest BCUT2D eigenvalue weighted by Crippen LogP contribution is 2.29. The highest BCUT2D eigenvalue weighted by molar-refractivity contribution is 5.43. The molecule has 1 heterocycles. The third-order valence-electron chi connectivity index (χ3n) is 3.59. The SMILES string of the molecule is COc1ccc(CN(C)CC2CCCN2)cc1OC(F)F. The van der Waals surface area contributed by atoms with E-state index >= 15 is 0 Å². The van der Waals surface area contributed by atoms with Gasteiger partial charge in [0.05, 0.1) is 7.11 Å². The van der Waals surface area contributed by atoms with E-state index in [2.05, 4.69) is 15.0 Å². The molecule has 0 spiro atoms. The molecular weight excluding hydrogens is 278 g/mol. The van der Waals surface area contributed by atoms with E-state index in [1.54, 1.807) is 12.1 Å². The molecule has 1 aliphatic rings. The van der Waals surface area contributed by atoms with Crippen molar-refractivity contribution >= 4 is 0 Å². The lowest BCUT2D eigenvalue weighted by molar-refractivity contribution is -0.0512. The fourth-order valence-corrected chi connectivity index (χ4v) is 2.67. The van der Waals surface area contributed by atoms with Gasteiger partial charge >= 0.3 is 6.61 Å². The summed E-state index contributed by atoms with van der Waals surface area (Å²) in [5.74, 6) is 0.400. The third kappa shape index (κ3) is 4.82. The van der Waals surface area contributed by atoms with Crippen LogP contribution in [-0.4, -0.2) is 44.8 Å². The van der Waals surface area contributed by atoms with E-state index < -0.39 is 6.61 Å². The molecule has 118 valence electrons. The van der Waals surface area contributed by atoms with E-state index in [0.29, 0.717) is 18.3 Å². The Kier molecular flexibility index (Phi) is 5.76. The maximum atomic E-state index is 12.4. The molecule has 6 heteroatoms. The minimum absolute atomic E-state index is 0.0809. The molecule has 0 saturated carbocycles. The first-order chi connectivity index (χ1) is 10.1. The molecule has 0 bridgehead atoms. The molecule has 1 atom stereocenters. The van der Waals surface area contributed by atoms with Gasteiger partial charge in [0.15, 0.2) is 11.5 Å². The Morgan fingerprint density at radius 1 is 1.38 bits per heavy atom. The molecule has 1 N–H and O–H groups in total. The zero-order valence-corrected chi connectivity index (χ0v) is 12.4. The van der Waals surface area contributed by atoms with E-state index in [1.165, 1.54) is 20.0 Å². The van der Waals surface area contributed by atoms with E-state index in [9.17, 15) is 8.78 Å². The second-order valence-electron chi connectivity index (χ2n) is 5.35. The Labute approximate surface area is 124 Å². The summed E-state index contributed by atoms with van der Waals surface area (Å²) in [4.78, 5) is 2.18. The van der Waals surface area contributed by atoms with Crippen molar-refractivity contribution in [2.75, 3.05) is 27.2 Å². The summed E-state index contributed by atoms with van der Waals surface area (Å²) >= 11 is 0. The molecule has 0 radical (unpaired) electrons. The first kappa shape index (κ1) is 16.0. The zero-order chi connectivity index (χ0) is 15.2. The van der Waals surface area contributed by atoms with Gasteiger partial charge in [-0.15, -0.1) is 0 Å². The van der Waals surface area contributed by atoms with Crippen molar-refractivity contribution in [2.24, 2.45) is 0 Å². The van der Waals surface area contributed by atoms with Gasteiger partial charge in [-0.3, -0.25) is 0 Å². The fraction of sp³-hybridized carbons (Fsp3) is 0.600. The molecule has 21 heavy (non-hydrogen) atoms. The van der Waals surface area contributed by atoms with Crippen LogP contribution in [0.4, 0.5) is 8.78 Å². The van der Waals surface area contributed by atoms with Gasteiger partial charge in [-0.25, -0.2) is 0 Å². The standard InChI is InChI=1S/C15H22F2N2O2/c1-19(10-12-4-3-7-18-12)9-11-5-6-13(20-2)14(8-11)21-15(16)17/h5-6,8,12,15,18H,3-4,7,9-10H2,1-2H3. The van der Waals surface area contributed by atoms with Crippen molar-refractivity contribution in [3.63, 3.8) is 0 Å². The lowest BCUT2D eigenvalue weighted by Gasteiger charge is -2.21. The molecule has 2 rings (SSSR count). The van der Waals surface area contributed by atoms with Gasteiger partial charge in [-0.2, -0.15) is 8.78 Å². The number of likely N-dealkylation sites (N-methyl/N-ethyl adjacent to an activating group) is 1. The molecule has 1 aromatic carbocycles. The topological polar surface area (TPSA) is 33.7 Å². The number of hydrogen-bond acceptors (Lipinski definition) is 4. The fourth-order valence-electron chi connectivity index (χ4n) is 2.67. The number of nitrogens with one attached hydrogen (secondary N) is 1. The Balaban J connectivity index is 1.98. The van der Waals surface area contributed by atoms with Gasteiger partial charge < -0.3 is 19.7 Å². The first-order valence-corrected chi connectivity index (χ1v) is 7.12. The number of benzene rings is 1. The largest absolute Gasteiger partial charge is 0.493 e. The molecule has 1 saturated heterocycles. The van der Waals surface area contributed by atoms with Crippen molar-refractivity contribution in [3.8, 4) is 11.5 Å². The van der Waals surface area contributed by atoms with Crippen LogP contribution < -0.4 is 14.8 Å². The number of ether oxygens (including phenoxy) is 2. The second kappa shape index (κ2) is 7.56. The van der Waals surface area contributed by atoms with Crippen LogP contribution in [0.3, 0.4) is 0 Å². The highest BCUT2D eigenvalue weighted by atomic mass is 19.3. The Morgan fingerprint density at radius 2 is 2.19 bits per heavy atom. The lowest BCUT2D eigenvalue weighted by Crippen LogP contribution is -2.34. The minimum atomic E-state index is -2.85. The lowest BCUT2D eigenvalue weighted by atomic mass is 10.1. The van der Waals surface area contributed by atoms with E-state index in [0.717, 1.165) is 18.7 Å². The van der Waals surface area contributed by atoms with Crippen LogP contribution in [0.25, 0.3) is 0 Å². The number of halogens is 2. The first-order valence-electron chi connectivity index (χ1n) is 7.12. The van der Waals surface area contributed by atoms with Crippen molar-refractivity contribution in [1.29, 1.82) is 0 Å². The Bertz CT molecular complexity index is 451. The summed E-state index contributed by atoms with van der Waals surface area (Å²) in [6, 6.07) is 5.67. The van der Waals surface area contributed by atoms with Gasteiger partial charge in [-0.1, -0.05) is 6.07 Å². The monoisotopic (exact) mass is 300 g/mol. The average molecular weight is 300 g/mol. The van der Waals surface area contributed by atoms with Gasteiger partial charge in [0.1, 0.15) is 0 Å². The van der Waals surface area contributed by atoms with Gasteiger partial charge in [0, 0.05) is 19.1 Å². The normalized spacial score (nSPS) is 18.5. The third-order valence-corrected chi connectivity index (χ3v) is 3.59. The number of hydrogen-bond donors (Lipinski definition) is 1. The van der Waals surface area contributed by atoms with Crippen molar-refractivity contribution in [3.05, 3.63) is 23.8 Å². The number of rotatable bonds is 7. The van der Waals surface area contributed by atoms with Crippen LogP contribution >= 0.6 is 0 Å². The molecule has 4 nitrogen and oxygen atoms in total. The van der Waals surface area contributed by atoms with Crippen LogP contribution in [0.15, 0.2) is 18.2 Å². The van der Waals surface area contributed by atoms with Crippen molar-refractivity contribution in [2.45, 2.75) is 32.0 Å². The van der Waals surface area contributed by atoms with Crippen LogP contribution in [-0.2, 0) is 6.54 Å². The van der Waals surface area contributed by atoms with Crippen LogP contribution in [0.5, 0.6) is 11.5 Å². The summed E-state index contributed by atoms with van der Waals surface area (Å²) in [5, 5.41) is 3.44. The van der Waals surface area contributed by atoms with Crippen molar-refractivity contribution in [1.82, 2.24) is 10.2 Å². The summed E-state index contributed by atoms with van der Waals surface area (Å²) in [7, 11) is 3.46. The predicted octanol–water partition coefficient (Wildman–Crippen LogP) is 2.48. The smallest absolute Gasteiger partial charge is 0.387 e. The van der Waals surface area contributed by atoms with E-state index in [-0.39, 0.29) is 5.75 Å². The number of nitrogens with zero attached hydrogens (tertiary/aromatic N) is 1. The number of alkyl halides is 2. The van der Waals surface area contributed by atoms with E-state index in [4.69, 9.17) is 4.74 Å². The van der Waals surface area contributed by atoms with Gasteiger partial charge in [0.2, 0.25) is 0 Å². The molecule has 1 unspecified atom stereocenters. The molecule has 1 aliphatic heterocycles. The molecule has 1 fully saturated rings. The second-order valence-corrected chi connectivity index (χ2v) is 5.35. The molecule has 0 aliphatic carbocycles. The quantitative estimate of drug-likeness (QED) is 0.839. The van der Waals surface area contributed by atoms with E-state index in [1.807, 2.05) is 13.1 Å². The molecule has 0 aromatic heterocycles.